The minimum Gasteiger partial charge on any atom is -0.496 e. The van der Waals surface area contributed by atoms with E-state index in [0.717, 1.165) is 16.9 Å². The van der Waals surface area contributed by atoms with Gasteiger partial charge in [-0.25, -0.2) is 9.79 Å². The normalized spacial score (nSPS) is 15.5. The second-order valence-corrected chi connectivity index (χ2v) is 9.01. The first-order chi connectivity index (χ1) is 16.9. The number of ether oxygens (including phenoxy) is 3. The van der Waals surface area contributed by atoms with Gasteiger partial charge in [0, 0.05) is 5.56 Å². The number of nitrogens with zero attached hydrogens (tertiary/aromatic N) is 2. The van der Waals surface area contributed by atoms with Crippen LogP contribution in [0.2, 0.25) is 0 Å². The van der Waals surface area contributed by atoms with E-state index in [2.05, 4.69) is 4.99 Å². The summed E-state index contributed by atoms with van der Waals surface area (Å²) >= 11 is 1.28. The zero-order valence-electron chi connectivity index (χ0n) is 20.5. The molecule has 1 aromatic heterocycles. The lowest BCUT2D eigenvalue weighted by molar-refractivity contribution is -0.139. The SMILES string of the molecule is CCOC(=O)C1=C(C)N=c2s/c(=C\c3ccc(C)c(OC)c3)c(=O)n2[C@@H]1c1ccccc1OCC. The van der Waals surface area contributed by atoms with Gasteiger partial charge in [-0.1, -0.05) is 41.7 Å². The molecular formula is C27H28N2O5S. The third kappa shape index (κ3) is 4.66. The summed E-state index contributed by atoms with van der Waals surface area (Å²) in [6, 6.07) is 12.5. The predicted octanol–water partition coefficient (Wildman–Crippen LogP) is 3.51. The Labute approximate surface area is 207 Å². The molecule has 0 fully saturated rings. The number of carbonyl (C=O) groups excluding carboxylic acids is 1. The number of para-hydroxylation sites is 1. The molecule has 0 spiro atoms. The molecule has 2 aromatic carbocycles. The Morgan fingerprint density at radius 2 is 1.89 bits per heavy atom. The maximum atomic E-state index is 13.8. The number of esters is 1. The van der Waals surface area contributed by atoms with Crippen molar-refractivity contribution in [2.24, 2.45) is 4.99 Å². The fourth-order valence-corrected chi connectivity index (χ4v) is 5.20. The molecule has 3 aromatic rings. The van der Waals surface area contributed by atoms with Gasteiger partial charge < -0.3 is 14.2 Å². The number of hydrogen-bond acceptors (Lipinski definition) is 7. The average molecular weight is 493 g/mol. The lowest BCUT2D eigenvalue weighted by Crippen LogP contribution is -2.40. The molecule has 1 aliphatic rings. The maximum Gasteiger partial charge on any atom is 0.338 e. The highest BCUT2D eigenvalue weighted by molar-refractivity contribution is 7.07. The average Bonchev–Trinajstić information content (AvgIpc) is 3.14. The van der Waals surface area contributed by atoms with Crippen LogP contribution in [0.3, 0.4) is 0 Å². The number of fused-ring (bicyclic) bond motifs is 1. The van der Waals surface area contributed by atoms with Crippen LogP contribution < -0.4 is 24.4 Å². The number of aromatic nitrogens is 1. The summed E-state index contributed by atoms with van der Waals surface area (Å²) in [6.07, 6.45) is 1.82. The molecule has 1 aliphatic heterocycles. The van der Waals surface area contributed by atoms with Gasteiger partial charge in [-0.2, -0.15) is 0 Å². The number of rotatable bonds is 7. The molecule has 0 amide bonds. The fraction of sp³-hybridized carbons (Fsp3) is 0.296. The van der Waals surface area contributed by atoms with Crippen LogP contribution in [0.15, 0.2) is 63.5 Å². The molecule has 7 nitrogen and oxygen atoms in total. The van der Waals surface area contributed by atoms with E-state index < -0.39 is 12.0 Å². The van der Waals surface area contributed by atoms with Crippen LogP contribution in [-0.2, 0) is 9.53 Å². The Kier molecular flexibility index (Phi) is 7.21. The highest BCUT2D eigenvalue weighted by Gasteiger charge is 2.35. The lowest BCUT2D eigenvalue weighted by Gasteiger charge is -2.26. The third-order valence-corrected chi connectivity index (χ3v) is 6.74. The third-order valence-electron chi connectivity index (χ3n) is 5.76. The lowest BCUT2D eigenvalue weighted by atomic mass is 9.95. The van der Waals surface area contributed by atoms with Crippen molar-refractivity contribution in [1.29, 1.82) is 0 Å². The van der Waals surface area contributed by atoms with Gasteiger partial charge in [0.2, 0.25) is 0 Å². The minimum atomic E-state index is -0.720. The number of thiazole rings is 1. The standard InChI is InChI=1S/C27H28N2O5S/c1-6-33-20-11-9-8-10-19(20)24-23(26(31)34-7-2)17(4)28-27-29(24)25(30)22(35-27)15-18-13-12-16(3)21(14-18)32-5/h8-15,24H,6-7H2,1-5H3/b22-15-/t24-/m1/s1. The molecule has 0 aliphatic carbocycles. The van der Waals surface area contributed by atoms with Gasteiger partial charge in [0.15, 0.2) is 4.80 Å². The summed E-state index contributed by atoms with van der Waals surface area (Å²) in [5.41, 5.74) is 3.16. The fourth-order valence-electron chi connectivity index (χ4n) is 4.16. The summed E-state index contributed by atoms with van der Waals surface area (Å²) in [7, 11) is 1.62. The topological polar surface area (TPSA) is 79.1 Å². The minimum absolute atomic E-state index is 0.217. The van der Waals surface area contributed by atoms with Crippen LogP contribution in [0.25, 0.3) is 6.08 Å². The molecule has 2 heterocycles. The monoisotopic (exact) mass is 492 g/mol. The van der Waals surface area contributed by atoms with E-state index in [1.807, 2.05) is 62.4 Å². The molecule has 0 radical (unpaired) electrons. The van der Waals surface area contributed by atoms with Crippen LogP contribution in [0, 0.1) is 6.92 Å². The van der Waals surface area contributed by atoms with Crippen LogP contribution in [-0.4, -0.2) is 30.9 Å². The van der Waals surface area contributed by atoms with Crippen molar-refractivity contribution in [3.8, 4) is 11.5 Å². The van der Waals surface area contributed by atoms with E-state index in [9.17, 15) is 9.59 Å². The molecule has 35 heavy (non-hydrogen) atoms. The van der Waals surface area contributed by atoms with Crippen molar-refractivity contribution >= 4 is 23.4 Å². The predicted molar refractivity (Wildman–Crippen MR) is 136 cm³/mol. The van der Waals surface area contributed by atoms with E-state index in [0.29, 0.717) is 38.5 Å². The number of allylic oxidation sites excluding steroid dienone is 1. The number of aryl methyl sites for hydroxylation is 1. The first kappa shape index (κ1) is 24.5. The highest BCUT2D eigenvalue weighted by atomic mass is 32.1. The molecule has 0 saturated carbocycles. The van der Waals surface area contributed by atoms with Crippen molar-refractivity contribution in [3.63, 3.8) is 0 Å². The Morgan fingerprint density at radius 3 is 2.60 bits per heavy atom. The molecule has 0 unspecified atom stereocenters. The summed E-state index contributed by atoms with van der Waals surface area (Å²) in [6.45, 7) is 8.05. The van der Waals surface area contributed by atoms with Crippen LogP contribution in [0.5, 0.6) is 11.5 Å². The zero-order chi connectivity index (χ0) is 25.1. The maximum absolute atomic E-state index is 13.8. The second kappa shape index (κ2) is 10.3. The molecule has 4 rings (SSSR count). The Bertz CT molecular complexity index is 1480. The molecular weight excluding hydrogens is 464 g/mol. The van der Waals surface area contributed by atoms with Gasteiger partial charge in [-0.05, 0) is 57.0 Å². The quantitative estimate of drug-likeness (QED) is 0.472. The number of methoxy groups -OCH3 is 1. The number of benzene rings is 2. The van der Waals surface area contributed by atoms with Gasteiger partial charge >= 0.3 is 5.97 Å². The Balaban J connectivity index is 1.97. The van der Waals surface area contributed by atoms with Gasteiger partial charge in [0.25, 0.3) is 5.56 Å². The second-order valence-electron chi connectivity index (χ2n) is 8.00. The first-order valence-electron chi connectivity index (χ1n) is 11.5. The van der Waals surface area contributed by atoms with Crippen LogP contribution in [0.1, 0.15) is 43.5 Å². The molecule has 8 heteroatoms. The summed E-state index contributed by atoms with van der Waals surface area (Å²) in [5, 5.41) is 0. The molecule has 1 atom stereocenters. The van der Waals surface area contributed by atoms with Gasteiger partial charge in [-0.3, -0.25) is 9.36 Å². The highest BCUT2D eigenvalue weighted by Crippen LogP contribution is 2.35. The Morgan fingerprint density at radius 1 is 1.11 bits per heavy atom. The summed E-state index contributed by atoms with van der Waals surface area (Å²) in [4.78, 5) is 32.0. The number of hydrogen-bond donors (Lipinski definition) is 0. The van der Waals surface area contributed by atoms with E-state index in [4.69, 9.17) is 14.2 Å². The molecule has 0 N–H and O–H groups in total. The van der Waals surface area contributed by atoms with Gasteiger partial charge in [0.1, 0.15) is 17.5 Å². The van der Waals surface area contributed by atoms with Crippen LogP contribution in [0.4, 0.5) is 0 Å². The van der Waals surface area contributed by atoms with E-state index in [1.54, 1.807) is 25.5 Å². The zero-order valence-corrected chi connectivity index (χ0v) is 21.3. The Hall–Kier alpha value is -3.65. The largest absolute Gasteiger partial charge is 0.496 e. The molecule has 0 saturated heterocycles. The van der Waals surface area contributed by atoms with Crippen molar-refractivity contribution in [2.75, 3.05) is 20.3 Å². The van der Waals surface area contributed by atoms with E-state index >= 15 is 0 Å². The molecule has 0 bridgehead atoms. The van der Waals surface area contributed by atoms with Gasteiger partial charge in [-0.15, -0.1) is 0 Å². The summed E-state index contributed by atoms with van der Waals surface area (Å²) in [5.74, 6) is 0.854. The van der Waals surface area contributed by atoms with Gasteiger partial charge in [0.05, 0.1) is 36.1 Å². The number of carbonyl (C=O) groups is 1. The van der Waals surface area contributed by atoms with Crippen molar-refractivity contribution < 1.29 is 19.0 Å². The van der Waals surface area contributed by atoms with E-state index in [1.165, 1.54) is 11.3 Å². The molecule has 182 valence electrons. The van der Waals surface area contributed by atoms with Crippen molar-refractivity contribution in [1.82, 2.24) is 4.57 Å². The van der Waals surface area contributed by atoms with Crippen LogP contribution >= 0.6 is 11.3 Å². The van der Waals surface area contributed by atoms with E-state index in [-0.39, 0.29) is 12.2 Å². The van der Waals surface area contributed by atoms with Crippen molar-refractivity contribution in [3.05, 3.63) is 90.1 Å². The van der Waals surface area contributed by atoms with Crippen molar-refractivity contribution in [2.45, 2.75) is 33.7 Å². The smallest absolute Gasteiger partial charge is 0.338 e. The first-order valence-corrected chi connectivity index (χ1v) is 12.3. The summed E-state index contributed by atoms with van der Waals surface area (Å²) < 4.78 is 18.7.